The predicted molar refractivity (Wildman–Crippen MR) is 86.2 cm³/mol. The maximum Gasteiger partial charge on any atom is 0.192 e. The van der Waals surface area contributed by atoms with Gasteiger partial charge in [-0.15, -0.1) is 30.4 Å². The molecule has 4 nitrogen and oxygen atoms in total. The van der Waals surface area contributed by atoms with Crippen molar-refractivity contribution in [1.29, 1.82) is 0 Å². The Morgan fingerprint density at radius 1 is 1.50 bits per heavy atom. The van der Waals surface area contributed by atoms with Crippen molar-refractivity contribution in [3.63, 3.8) is 0 Å². The molecule has 1 heterocycles. The van der Waals surface area contributed by atoms with E-state index in [2.05, 4.69) is 26.5 Å². The van der Waals surface area contributed by atoms with E-state index in [1.807, 2.05) is 25.3 Å². The molecule has 0 saturated heterocycles. The van der Waals surface area contributed by atoms with Crippen molar-refractivity contribution in [2.75, 3.05) is 19.6 Å². The lowest BCUT2D eigenvalue weighted by molar-refractivity contribution is 0.854. The van der Waals surface area contributed by atoms with E-state index >= 15 is 0 Å². The summed E-state index contributed by atoms with van der Waals surface area (Å²) in [7, 11) is 0. The summed E-state index contributed by atoms with van der Waals surface area (Å²) in [5.41, 5.74) is 1.18. The molecule has 98 valence electrons. The van der Waals surface area contributed by atoms with Gasteiger partial charge in [0.2, 0.25) is 0 Å². The summed E-state index contributed by atoms with van der Waals surface area (Å²) < 4.78 is 0. The number of nitrogens with one attached hydrogen (secondary N) is 2. The Labute approximate surface area is 126 Å². The predicted octanol–water partition coefficient (Wildman–Crippen LogP) is 1.43. The number of terminal acetylenes is 1. The van der Waals surface area contributed by atoms with Gasteiger partial charge in [-0.05, 0) is 25.0 Å². The summed E-state index contributed by atoms with van der Waals surface area (Å²) in [6.45, 7) is 4.04. The van der Waals surface area contributed by atoms with Crippen LogP contribution in [0.3, 0.4) is 0 Å². The van der Waals surface area contributed by atoms with Gasteiger partial charge in [0.05, 0.1) is 6.54 Å². The van der Waals surface area contributed by atoms with Crippen LogP contribution in [0.25, 0.3) is 0 Å². The summed E-state index contributed by atoms with van der Waals surface area (Å²) in [4.78, 5) is 8.48. The van der Waals surface area contributed by atoms with Crippen LogP contribution >= 0.6 is 24.0 Å². The average molecular weight is 358 g/mol. The maximum absolute atomic E-state index is 5.19. The maximum atomic E-state index is 5.19. The first-order chi connectivity index (χ1) is 8.36. The van der Waals surface area contributed by atoms with Crippen molar-refractivity contribution < 1.29 is 0 Å². The van der Waals surface area contributed by atoms with Crippen LogP contribution in [0.15, 0.2) is 29.5 Å². The standard InChI is InChI=1S/C13H18N4.HI/c1-3-8-16-13(15-4-2)17-10-7-12-6-5-9-14-11-12;/h1,5-6,9,11H,4,7-8,10H2,2H3,(H2,15,16,17);1H. The Bertz CT molecular complexity index is 384. The number of rotatable bonds is 5. The largest absolute Gasteiger partial charge is 0.357 e. The van der Waals surface area contributed by atoms with E-state index in [4.69, 9.17) is 6.42 Å². The summed E-state index contributed by atoms with van der Waals surface area (Å²) in [5, 5.41) is 6.18. The van der Waals surface area contributed by atoms with Crippen LogP contribution in [0.1, 0.15) is 12.5 Å². The van der Waals surface area contributed by atoms with Gasteiger partial charge in [0, 0.05) is 25.5 Å². The Morgan fingerprint density at radius 3 is 2.94 bits per heavy atom. The van der Waals surface area contributed by atoms with Crippen LogP contribution < -0.4 is 10.6 Å². The molecule has 1 rings (SSSR count). The summed E-state index contributed by atoms with van der Waals surface area (Å²) in [6, 6.07) is 3.98. The number of hydrogen-bond acceptors (Lipinski definition) is 2. The van der Waals surface area contributed by atoms with Gasteiger partial charge in [-0.1, -0.05) is 12.0 Å². The number of halogens is 1. The van der Waals surface area contributed by atoms with E-state index in [1.54, 1.807) is 6.20 Å². The van der Waals surface area contributed by atoms with E-state index in [0.29, 0.717) is 13.1 Å². The Morgan fingerprint density at radius 2 is 2.33 bits per heavy atom. The fourth-order valence-electron chi connectivity index (χ4n) is 1.32. The van der Waals surface area contributed by atoms with Crippen molar-refractivity contribution in [1.82, 2.24) is 15.6 Å². The van der Waals surface area contributed by atoms with Gasteiger partial charge in [-0.25, -0.2) is 0 Å². The Kier molecular flexibility index (Phi) is 10.1. The zero-order valence-corrected chi connectivity index (χ0v) is 12.8. The van der Waals surface area contributed by atoms with Gasteiger partial charge in [0.1, 0.15) is 0 Å². The van der Waals surface area contributed by atoms with Crippen molar-refractivity contribution in [2.24, 2.45) is 4.99 Å². The van der Waals surface area contributed by atoms with Crippen molar-refractivity contribution >= 4 is 29.9 Å². The summed E-state index contributed by atoms with van der Waals surface area (Å²) in [6.07, 6.45) is 9.69. The van der Waals surface area contributed by atoms with Crippen LogP contribution in [0.5, 0.6) is 0 Å². The highest BCUT2D eigenvalue weighted by Crippen LogP contribution is 1.96. The molecule has 0 amide bonds. The van der Waals surface area contributed by atoms with E-state index in [9.17, 15) is 0 Å². The smallest absolute Gasteiger partial charge is 0.192 e. The van der Waals surface area contributed by atoms with Gasteiger partial charge in [0.15, 0.2) is 5.96 Å². The molecule has 2 N–H and O–H groups in total. The number of pyridine rings is 1. The number of guanidine groups is 1. The molecule has 0 aliphatic rings. The molecule has 0 fully saturated rings. The number of aromatic nitrogens is 1. The van der Waals surface area contributed by atoms with Crippen LogP contribution in [-0.2, 0) is 6.42 Å². The number of nitrogens with zero attached hydrogens (tertiary/aromatic N) is 2. The molecular weight excluding hydrogens is 339 g/mol. The second-order valence-electron chi connectivity index (χ2n) is 3.43. The molecule has 0 aromatic carbocycles. The number of hydrogen-bond donors (Lipinski definition) is 2. The molecule has 0 radical (unpaired) electrons. The SMILES string of the molecule is C#CCNC(=NCCc1cccnc1)NCC.I. The molecule has 0 atom stereocenters. The first-order valence-electron chi connectivity index (χ1n) is 5.71. The van der Waals surface area contributed by atoms with Gasteiger partial charge in [-0.2, -0.15) is 0 Å². The first-order valence-corrected chi connectivity index (χ1v) is 5.71. The summed E-state index contributed by atoms with van der Waals surface area (Å²) in [5.74, 6) is 3.28. The van der Waals surface area contributed by atoms with Crippen LogP contribution in [0.2, 0.25) is 0 Å². The molecule has 0 aliphatic heterocycles. The fraction of sp³-hybridized carbons (Fsp3) is 0.385. The van der Waals surface area contributed by atoms with Gasteiger partial charge in [-0.3, -0.25) is 9.98 Å². The summed E-state index contributed by atoms with van der Waals surface area (Å²) >= 11 is 0. The Balaban J connectivity index is 0.00000289. The van der Waals surface area contributed by atoms with Gasteiger partial charge < -0.3 is 10.6 Å². The zero-order valence-electron chi connectivity index (χ0n) is 10.5. The normalized spacial score (nSPS) is 10.1. The third-order valence-corrected chi connectivity index (χ3v) is 2.10. The molecule has 0 spiro atoms. The van der Waals surface area contributed by atoms with Crippen molar-refractivity contribution in [3.8, 4) is 12.3 Å². The van der Waals surface area contributed by atoms with Crippen LogP contribution in [0.4, 0.5) is 0 Å². The van der Waals surface area contributed by atoms with E-state index in [1.165, 1.54) is 5.56 Å². The topological polar surface area (TPSA) is 49.3 Å². The van der Waals surface area contributed by atoms with Gasteiger partial charge >= 0.3 is 0 Å². The molecule has 5 heteroatoms. The monoisotopic (exact) mass is 358 g/mol. The van der Waals surface area contributed by atoms with Gasteiger partial charge in [0.25, 0.3) is 0 Å². The highest BCUT2D eigenvalue weighted by Gasteiger charge is 1.95. The minimum absolute atomic E-state index is 0. The van der Waals surface area contributed by atoms with Crippen LogP contribution in [-0.4, -0.2) is 30.6 Å². The third kappa shape index (κ3) is 7.12. The highest BCUT2D eigenvalue weighted by molar-refractivity contribution is 14.0. The lowest BCUT2D eigenvalue weighted by atomic mass is 10.2. The van der Waals surface area contributed by atoms with E-state index < -0.39 is 0 Å². The molecule has 18 heavy (non-hydrogen) atoms. The van der Waals surface area contributed by atoms with E-state index in [-0.39, 0.29) is 24.0 Å². The minimum Gasteiger partial charge on any atom is -0.357 e. The Hall–Kier alpha value is -1.29. The highest BCUT2D eigenvalue weighted by atomic mass is 127. The minimum atomic E-state index is 0. The molecule has 1 aromatic rings. The lowest BCUT2D eigenvalue weighted by Crippen LogP contribution is -2.37. The number of aliphatic imine (C=N–C) groups is 1. The third-order valence-electron chi connectivity index (χ3n) is 2.10. The molecule has 0 aliphatic carbocycles. The first kappa shape index (κ1) is 16.7. The zero-order chi connectivity index (χ0) is 12.3. The molecule has 0 saturated carbocycles. The van der Waals surface area contributed by atoms with Crippen molar-refractivity contribution in [2.45, 2.75) is 13.3 Å². The molecule has 0 bridgehead atoms. The van der Waals surface area contributed by atoms with Crippen molar-refractivity contribution in [3.05, 3.63) is 30.1 Å². The fourth-order valence-corrected chi connectivity index (χ4v) is 1.32. The average Bonchev–Trinajstić information content (AvgIpc) is 2.37. The molecule has 0 unspecified atom stereocenters. The lowest BCUT2D eigenvalue weighted by Gasteiger charge is -2.08. The second kappa shape index (κ2) is 10.8. The second-order valence-corrected chi connectivity index (χ2v) is 3.43. The van der Waals surface area contributed by atoms with Crippen LogP contribution in [0, 0.1) is 12.3 Å². The molecule has 1 aromatic heterocycles. The van der Waals surface area contributed by atoms with E-state index in [0.717, 1.165) is 18.9 Å². The molecular formula is C13H19IN4. The quantitative estimate of drug-likeness (QED) is 0.362.